The van der Waals surface area contributed by atoms with Crippen LogP contribution >= 0.6 is 0 Å². The van der Waals surface area contributed by atoms with Gasteiger partial charge in [-0.3, -0.25) is 9.88 Å². The first kappa shape index (κ1) is 19.7. The molecule has 0 spiro atoms. The number of carbonyl (C=O) groups is 1. The number of pyridine rings is 1. The summed E-state index contributed by atoms with van der Waals surface area (Å²) < 4.78 is 4.93. The molecule has 0 bridgehead atoms. The van der Waals surface area contributed by atoms with E-state index in [1.165, 1.54) is 16.8 Å². The summed E-state index contributed by atoms with van der Waals surface area (Å²) in [5, 5.41) is 8.97. The molecule has 6 heteroatoms. The first-order chi connectivity index (χ1) is 13.8. The van der Waals surface area contributed by atoms with Gasteiger partial charge in [0, 0.05) is 43.3 Å². The van der Waals surface area contributed by atoms with Crippen LogP contribution in [0.1, 0.15) is 50.3 Å². The van der Waals surface area contributed by atoms with Gasteiger partial charge in [0.25, 0.3) is 0 Å². The highest BCUT2D eigenvalue weighted by Gasteiger charge is 2.41. The molecule has 1 aliphatic carbocycles. The maximum absolute atomic E-state index is 11.0. The Hall–Kier alpha value is -2.60. The van der Waals surface area contributed by atoms with Crippen LogP contribution in [0.25, 0.3) is 0 Å². The molecule has 1 N–H and O–H groups in total. The number of carboxylic acid groups (broad SMARTS) is 1. The topological polar surface area (TPSA) is 65.9 Å². The van der Waals surface area contributed by atoms with Crippen LogP contribution in [0.3, 0.4) is 0 Å². The fourth-order valence-electron chi connectivity index (χ4n) is 5.00. The predicted octanol–water partition coefficient (Wildman–Crippen LogP) is 4.46. The van der Waals surface area contributed by atoms with Crippen molar-refractivity contribution in [1.29, 1.82) is 0 Å². The molecule has 1 aromatic heterocycles. The highest BCUT2D eigenvalue weighted by Crippen LogP contribution is 2.49. The van der Waals surface area contributed by atoms with Gasteiger partial charge in [0.05, 0.1) is 0 Å². The van der Waals surface area contributed by atoms with Crippen molar-refractivity contribution in [3.63, 3.8) is 0 Å². The average Bonchev–Trinajstić information content (AvgIpc) is 2.98. The number of rotatable bonds is 4. The summed E-state index contributed by atoms with van der Waals surface area (Å²) in [6.45, 7) is 6.60. The SMILES string of the molecule is CN(C1CCN(c2ccncc2)CC1)C1CC(C)(C)c2ccc(OC(=O)O)cc21. The third kappa shape index (κ3) is 3.94. The van der Waals surface area contributed by atoms with E-state index >= 15 is 0 Å². The van der Waals surface area contributed by atoms with Gasteiger partial charge in [0.1, 0.15) is 5.75 Å². The van der Waals surface area contributed by atoms with E-state index in [-0.39, 0.29) is 11.5 Å². The Kier molecular flexibility index (Phi) is 5.21. The van der Waals surface area contributed by atoms with E-state index in [1.54, 1.807) is 6.07 Å². The number of benzene rings is 1. The third-order valence-electron chi connectivity index (χ3n) is 6.58. The van der Waals surface area contributed by atoms with Crippen LogP contribution in [-0.2, 0) is 5.41 Å². The average molecular weight is 396 g/mol. The second-order valence-electron chi connectivity index (χ2n) is 8.81. The Morgan fingerprint density at radius 3 is 2.55 bits per heavy atom. The monoisotopic (exact) mass is 395 g/mol. The van der Waals surface area contributed by atoms with E-state index in [2.05, 4.69) is 47.8 Å². The number of ether oxygens (including phenoxy) is 1. The summed E-state index contributed by atoms with van der Waals surface area (Å²) >= 11 is 0. The third-order valence-corrected chi connectivity index (χ3v) is 6.58. The molecule has 1 aromatic carbocycles. The summed E-state index contributed by atoms with van der Waals surface area (Å²) in [6.07, 6.45) is 5.67. The lowest BCUT2D eigenvalue weighted by Gasteiger charge is -2.40. The summed E-state index contributed by atoms with van der Waals surface area (Å²) in [4.78, 5) is 20.0. The normalized spacial score (nSPS) is 21.2. The highest BCUT2D eigenvalue weighted by atomic mass is 16.7. The number of anilines is 1. The van der Waals surface area contributed by atoms with Gasteiger partial charge in [0.2, 0.25) is 0 Å². The van der Waals surface area contributed by atoms with Crippen LogP contribution in [-0.4, -0.2) is 47.3 Å². The van der Waals surface area contributed by atoms with Crippen molar-refractivity contribution in [2.45, 2.75) is 50.6 Å². The second kappa shape index (κ2) is 7.67. The van der Waals surface area contributed by atoms with Crippen molar-refractivity contribution in [1.82, 2.24) is 9.88 Å². The highest BCUT2D eigenvalue weighted by molar-refractivity contribution is 5.62. The molecule has 0 saturated carbocycles. The van der Waals surface area contributed by atoms with E-state index in [1.807, 2.05) is 24.5 Å². The number of aromatic nitrogens is 1. The number of hydrogen-bond donors (Lipinski definition) is 1. The van der Waals surface area contributed by atoms with Crippen molar-refractivity contribution in [3.8, 4) is 5.75 Å². The lowest BCUT2D eigenvalue weighted by Crippen LogP contribution is -2.44. The molecule has 1 aliphatic heterocycles. The van der Waals surface area contributed by atoms with Crippen molar-refractivity contribution in [3.05, 3.63) is 53.9 Å². The quantitative estimate of drug-likeness (QED) is 0.609. The second-order valence-corrected chi connectivity index (χ2v) is 8.81. The van der Waals surface area contributed by atoms with Crippen molar-refractivity contribution in [2.24, 2.45) is 0 Å². The van der Waals surface area contributed by atoms with Gasteiger partial charge in [-0.25, -0.2) is 4.79 Å². The zero-order valence-electron chi connectivity index (χ0n) is 17.3. The summed E-state index contributed by atoms with van der Waals surface area (Å²) in [5.74, 6) is 0.403. The molecule has 29 heavy (non-hydrogen) atoms. The zero-order chi connectivity index (χ0) is 20.6. The molecule has 2 aromatic rings. The van der Waals surface area contributed by atoms with Gasteiger partial charge in [-0.1, -0.05) is 19.9 Å². The smallest absolute Gasteiger partial charge is 0.449 e. The molecule has 0 amide bonds. The van der Waals surface area contributed by atoms with Crippen LogP contribution in [0.4, 0.5) is 10.5 Å². The van der Waals surface area contributed by atoms with Crippen molar-refractivity contribution in [2.75, 3.05) is 25.0 Å². The first-order valence-corrected chi connectivity index (χ1v) is 10.3. The maximum atomic E-state index is 11.0. The number of nitrogens with zero attached hydrogens (tertiary/aromatic N) is 3. The van der Waals surface area contributed by atoms with E-state index in [0.717, 1.165) is 32.4 Å². The van der Waals surface area contributed by atoms with Gasteiger partial charge < -0.3 is 14.7 Å². The molecule has 2 heterocycles. The lowest BCUT2D eigenvalue weighted by molar-refractivity contribution is 0.137. The Morgan fingerprint density at radius 1 is 1.21 bits per heavy atom. The van der Waals surface area contributed by atoms with Crippen LogP contribution in [0, 0.1) is 0 Å². The van der Waals surface area contributed by atoms with Crippen molar-refractivity contribution < 1.29 is 14.6 Å². The van der Waals surface area contributed by atoms with Crippen LogP contribution in [0.5, 0.6) is 5.75 Å². The van der Waals surface area contributed by atoms with Gasteiger partial charge in [-0.15, -0.1) is 0 Å². The Bertz CT molecular complexity index is 876. The van der Waals surface area contributed by atoms with E-state index in [4.69, 9.17) is 9.84 Å². The molecule has 1 unspecified atom stereocenters. The minimum Gasteiger partial charge on any atom is -0.449 e. The number of piperidine rings is 1. The molecule has 4 rings (SSSR count). The van der Waals surface area contributed by atoms with Gasteiger partial charge in [-0.05, 0) is 67.1 Å². The van der Waals surface area contributed by atoms with E-state index in [9.17, 15) is 4.79 Å². The molecular formula is C23H29N3O3. The van der Waals surface area contributed by atoms with Gasteiger partial charge in [0.15, 0.2) is 0 Å². The minimum absolute atomic E-state index is 0.0632. The minimum atomic E-state index is -1.27. The predicted molar refractivity (Wildman–Crippen MR) is 113 cm³/mol. The molecule has 1 saturated heterocycles. The summed E-state index contributed by atoms with van der Waals surface area (Å²) in [5.41, 5.74) is 3.80. The van der Waals surface area contributed by atoms with Crippen LogP contribution in [0.15, 0.2) is 42.7 Å². The molecule has 6 nitrogen and oxygen atoms in total. The number of fused-ring (bicyclic) bond motifs is 1. The summed E-state index contributed by atoms with van der Waals surface area (Å²) in [6, 6.07) is 10.6. The van der Waals surface area contributed by atoms with E-state index < -0.39 is 6.16 Å². The van der Waals surface area contributed by atoms with Crippen molar-refractivity contribution >= 4 is 11.8 Å². The summed E-state index contributed by atoms with van der Waals surface area (Å²) in [7, 11) is 2.22. The Balaban J connectivity index is 1.50. The largest absolute Gasteiger partial charge is 0.511 e. The zero-order valence-corrected chi connectivity index (χ0v) is 17.3. The molecule has 1 atom stereocenters. The van der Waals surface area contributed by atoms with Crippen LogP contribution in [0.2, 0.25) is 0 Å². The molecular weight excluding hydrogens is 366 g/mol. The molecule has 0 radical (unpaired) electrons. The van der Waals surface area contributed by atoms with Crippen LogP contribution < -0.4 is 9.64 Å². The fraction of sp³-hybridized carbons (Fsp3) is 0.478. The number of hydrogen-bond acceptors (Lipinski definition) is 5. The van der Waals surface area contributed by atoms with Gasteiger partial charge >= 0.3 is 6.16 Å². The molecule has 1 fully saturated rings. The van der Waals surface area contributed by atoms with Gasteiger partial charge in [-0.2, -0.15) is 0 Å². The molecule has 154 valence electrons. The fourth-order valence-corrected chi connectivity index (χ4v) is 5.00. The Labute approximate surface area is 172 Å². The maximum Gasteiger partial charge on any atom is 0.511 e. The Morgan fingerprint density at radius 2 is 1.90 bits per heavy atom. The van der Waals surface area contributed by atoms with E-state index in [0.29, 0.717) is 11.8 Å². The first-order valence-electron chi connectivity index (χ1n) is 10.3. The standard InChI is InChI=1S/C23H29N3O3/c1-23(2)15-21(19-14-18(29-22(27)28)4-5-20(19)23)25(3)16-8-12-26(13-9-16)17-6-10-24-11-7-17/h4-7,10-11,14,16,21H,8-9,12-13,15H2,1-3H3,(H,27,28). The molecule has 2 aliphatic rings. The lowest BCUT2D eigenvalue weighted by atomic mass is 9.86.